The van der Waals surface area contributed by atoms with Gasteiger partial charge in [-0.2, -0.15) is 0 Å². The Labute approximate surface area is 62.5 Å². The highest BCUT2D eigenvalue weighted by molar-refractivity contribution is 9.09. The molecule has 0 aliphatic carbocycles. The van der Waals surface area contributed by atoms with Crippen LogP contribution in [0.3, 0.4) is 0 Å². The Morgan fingerprint density at radius 3 is 2.78 bits per heavy atom. The molecule has 4 heteroatoms. The number of carbonyl (C=O) groups excluding carboxylic acids is 1. The van der Waals surface area contributed by atoms with Crippen LogP contribution < -0.4 is 0 Å². The van der Waals surface area contributed by atoms with E-state index in [4.69, 9.17) is 4.74 Å². The molecule has 0 aromatic carbocycles. The van der Waals surface area contributed by atoms with Crippen molar-refractivity contribution in [2.45, 2.75) is 6.29 Å². The van der Waals surface area contributed by atoms with Gasteiger partial charge in [-0.05, 0) is 0 Å². The van der Waals surface area contributed by atoms with Crippen LogP contribution in [0.4, 0.5) is 0 Å². The van der Waals surface area contributed by atoms with Crippen LogP contribution in [0.25, 0.3) is 0 Å². The number of ether oxygens (including phenoxy) is 2. The lowest BCUT2D eigenvalue weighted by molar-refractivity contribution is -0.148. The number of aldehydes is 1. The third kappa shape index (κ3) is 4.57. The maximum Gasteiger partial charge on any atom is 0.214 e. The van der Waals surface area contributed by atoms with E-state index in [0.717, 1.165) is 0 Å². The van der Waals surface area contributed by atoms with E-state index in [1.165, 1.54) is 7.11 Å². The zero-order valence-corrected chi connectivity index (χ0v) is 6.76. The molecule has 3 nitrogen and oxygen atoms in total. The number of methoxy groups -OCH3 is 1. The molecule has 0 saturated heterocycles. The van der Waals surface area contributed by atoms with E-state index in [0.29, 0.717) is 18.2 Å². The zero-order valence-electron chi connectivity index (χ0n) is 5.17. The van der Waals surface area contributed by atoms with Crippen molar-refractivity contribution >= 4 is 22.2 Å². The van der Waals surface area contributed by atoms with Gasteiger partial charge in [-0.25, -0.2) is 0 Å². The van der Waals surface area contributed by atoms with Gasteiger partial charge in [0, 0.05) is 12.4 Å². The van der Waals surface area contributed by atoms with Gasteiger partial charge < -0.3 is 9.47 Å². The fourth-order valence-corrected chi connectivity index (χ4v) is 0.510. The van der Waals surface area contributed by atoms with Gasteiger partial charge in [0.05, 0.1) is 6.61 Å². The SMILES string of the molecule is CO[C@H](C=O)OCCBr. The summed E-state index contributed by atoms with van der Waals surface area (Å²) in [4.78, 5) is 9.98. The van der Waals surface area contributed by atoms with E-state index >= 15 is 0 Å². The molecular weight excluding hydrogens is 188 g/mol. The van der Waals surface area contributed by atoms with Crippen LogP contribution in [0.2, 0.25) is 0 Å². The van der Waals surface area contributed by atoms with Crippen molar-refractivity contribution in [1.82, 2.24) is 0 Å². The second-order valence-electron chi connectivity index (χ2n) is 1.30. The molecule has 0 radical (unpaired) electrons. The summed E-state index contributed by atoms with van der Waals surface area (Å²) in [5.41, 5.74) is 0. The Kier molecular flexibility index (Phi) is 6.24. The molecular formula is C5H9BrO3. The number of carbonyl (C=O) groups is 1. The number of alkyl halides is 1. The van der Waals surface area contributed by atoms with Crippen LogP contribution >= 0.6 is 15.9 Å². The molecule has 0 spiro atoms. The minimum Gasteiger partial charge on any atom is -0.350 e. The summed E-state index contributed by atoms with van der Waals surface area (Å²) < 4.78 is 9.44. The number of hydrogen-bond donors (Lipinski definition) is 0. The molecule has 0 amide bonds. The largest absolute Gasteiger partial charge is 0.350 e. The third-order valence-corrected chi connectivity index (χ3v) is 1.03. The van der Waals surface area contributed by atoms with E-state index in [2.05, 4.69) is 20.7 Å². The fourth-order valence-electron chi connectivity index (χ4n) is 0.324. The molecule has 9 heavy (non-hydrogen) atoms. The normalized spacial score (nSPS) is 13.1. The first-order valence-corrected chi connectivity index (χ1v) is 3.63. The molecule has 0 unspecified atom stereocenters. The predicted molar refractivity (Wildman–Crippen MR) is 36.6 cm³/mol. The van der Waals surface area contributed by atoms with Crippen molar-refractivity contribution < 1.29 is 14.3 Å². The number of halogens is 1. The fraction of sp³-hybridized carbons (Fsp3) is 0.800. The molecule has 54 valence electrons. The van der Waals surface area contributed by atoms with E-state index in [1.807, 2.05) is 0 Å². The Morgan fingerprint density at radius 2 is 2.44 bits per heavy atom. The summed E-state index contributed by atoms with van der Waals surface area (Å²) in [7, 11) is 1.42. The Bertz CT molecular complexity index is 76.6. The molecule has 0 rings (SSSR count). The zero-order chi connectivity index (χ0) is 7.11. The van der Waals surface area contributed by atoms with E-state index < -0.39 is 6.29 Å². The first-order chi connectivity index (χ1) is 4.35. The standard InChI is InChI=1S/C5H9BrO3/c1-8-5(4-7)9-3-2-6/h4-5H,2-3H2,1H3/t5-/m0/s1. The minimum atomic E-state index is -0.706. The van der Waals surface area contributed by atoms with Crippen molar-refractivity contribution in [2.75, 3.05) is 19.0 Å². The predicted octanol–water partition coefficient (Wildman–Crippen LogP) is 0.569. The smallest absolute Gasteiger partial charge is 0.214 e. The van der Waals surface area contributed by atoms with Gasteiger partial charge in [0.1, 0.15) is 0 Å². The van der Waals surface area contributed by atoms with Crippen LogP contribution in [0.15, 0.2) is 0 Å². The van der Waals surface area contributed by atoms with Gasteiger partial charge in [-0.1, -0.05) is 15.9 Å². The van der Waals surface area contributed by atoms with Crippen LogP contribution in [-0.4, -0.2) is 31.6 Å². The summed E-state index contributed by atoms with van der Waals surface area (Å²) in [6.07, 6.45) is -0.0922. The van der Waals surface area contributed by atoms with E-state index in [9.17, 15) is 4.79 Å². The van der Waals surface area contributed by atoms with Gasteiger partial charge in [0.25, 0.3) is 0 Å². The summed E-state index contributed by atoms with van der Waals surface area (Å²) >= 11 is 3.14. The molecule has 0 heterocycles. The van der Waals surface area contributed by atoms with E-state index in [1.54, 1.807) is 0 Å². The van der Waals surface area contributed by atoms with Crippen molar-refractivity contribution in [2.24, 2.45) is 0 Å². The van der Waals surface area contributed by atoms with Crippen molar-refractivity contribution in [3.05, 3.63) is 0 Å². The lowest BCUT2D eigenvalue weighted by atomic mass is 10.7. The molecule has 0 aromatic heterocycles. The molecule has 0 aliphatic rings. The maximum absolute atomic E-state index is 9.98. The molecule has 0 aliphatic heterocycles. The Hall–Kier alpha value is 0.0700. The van der Waals surface area contributed by atoms with Crippen LogP contribution in [-0.2, 0) is 14.3 Å². The molecule has 0 fully saturated rings. The van der Waals surface area contributed by atoms with Crippen molar-refractivity contribution in [3.63, 3.8) is 0 Å². The quantitative estimate of drug-likeness (QED) is 0.367. The average molecular weight is 197 g/mol. The van der Waals surface area contributed by atoms with Crippen molar-refractivity contribution in [3.8, 4) is 0 Å². The minimum absolute atomic E-state index is 0.483. The molecule has 0 saturated carbocycles. The first kappa shape index (κ1) is 9.07. The topological polar surface area (TPSA) is 35.5 Å². The highest BCUT2D eigenvalue weighted by atomic mass is 79.9. The van der Waals surface area contributed by atoms with Crippen LogP contribution in [0.5, 0.6) is 0 Å². The van der Waals surface area contributed by atoms with Crippen LogP contribution in [0, 0.1) is 0 Å². The summed E-state index contributed by atoms with van der Waals surface area (Å²) in [5.74, 6) is 0. The Morgan fingerprint density at radius 1 is 1.78 bits per heavy atom. The Balaban J connectivity index is 3.20. The molecule has 1 atom stereocenters. The monoisotopic (exact) mass is 196 g/mol. The highest BCUT2D eigenvalue weighted by Crippen LogP contribution is 1.89. The second-order valence-corrected chi connectivity index (χ2v) is 2.09. The second kappa shape index (κ2) is 6.19. The van der Waals surface area contributed by atoms with Gasteiger partial charge in [-0.15, -0.1) is 0 Å². The van der Waals surface area contributed by atoms with Crippen molar-refractivity contribution in [1.29, 1.82) is 0 Å². The lowest BCUT2D eigenvalue weighted by Crippen LogP contribution is -2.17. The summed E-state index contributed by atoms with van der Waals surface area (Å²) in [6, 6.07) is 0. The number of hydrogen-bond acceptors (Lipinski definition) is 3. The summed E-state index contributed by atoms with van der Waals surface area (Å²) in [6.45, 7) is 0.483. The van der Waals surface area contributed by atoms with Gasteiger partial charge in [0.2, 0.25) is 6.29 Å². The molecule has 0 N–H and O–H groups in total. The maximum atomic E-state index is 9.98. The molecule has 0 bridgehead atoms. The molecule has 0 aromatic rings. The lowest BCUT2D eigenvalue weighted by Gasteiger charge is -2.06. The summed E-state index contributed by atoms with van der Waals surface area (Å²) in [5, 5.41) is 0.709. The van der Waals surface area contributed by atoms with Crippen LogP contribution in [0.1, 0.15) is 0 Å². The first-order valence-electron chi connectivity index (χ1n) is 2.50. The van der Waals surface area contributed by atoms with E-state index in [-0.39, 0.29) is 0 Å². The van der Waals surface area contributed by atoms with Gasteiger partial charge in [-0.3, -0.25) is 4.79 Å². The number of rotatable bonds is 5. The average Bonchev–Trinajstić information content (AvgIpc) is 1.91. The third-order valence-electron chi connectivity index (χ3n) is 0.703. The highest BCUT2D eigenvalue weighted by Gasteiger charge is 2.01. The van der Waals surface area contributed by atoms with Gasteiger partial charge in [0.15, 0.2) is 6.29 Å². The van der Waals surface area contributed by atoms with Gasteiger partial charge >= 0.3 is 0 Å².